The molecule has 0 fully saturated rings. The number of hydrogen-bond acceptors (Lipinski definition) is 4. The molecular formula is C19H13BrN4OS. The van der Waals surface area contributed by atoms with Crippen LogP contribution in [0.1, 0.15) is 0 Å². The van der Waals surface area contributed by atoms with Crippen molar-refractivity contribution in [2.24, 2.45) is 0 Å². The molecule has 0 aliphatic carbocycles. The zero-order chi connectivity index (χ0) is 17.7. The number of halogens is 1. The first-order valence-corrected chi connectivity index (χ1v) is 9.60. The molecule has 5 aromatic rings. The van der Waals surface area contributed by atoms with Gasteiger partial charge in [0, 0.05) is 32.7 Å². The number of aromatic amines is 1. The molecule has 0 amide bonds. The number of nitrogens with one attached hydrogen (secondary N) is 1. The van der Waals surface area contributed by atoms with Gasteiger partial charge in [-0.25, -0.2) is 9.50 Å². The standard InChI is InChI=1S/C19H13BrN4OS/c1-25-13-4-2-3-11(7-13)17-10-24-19(22-17)26-18(23-24)15-9-21-16-6-5-12(20)8-14(15)16/h2-10,21H,1H3. The van der Waals surface area contributed by atoms with Gasteiger partial charge in [0.2, 0.25) is 4.96 Å². The molecule has 0 saturated carbocycles. The molecule has 0 radical (unpaired) electrons. The Morgan fingerprint density at radius 2 is 2.12 bits per heavy atom. The molecule has 7 heteroatoms. The molecular weight excluding hydrogens is 412 g/mol. The number of rotatable bonds is 3. The van der Waals surface area contributed by atoms with E-state index in [1.807, 2.05) is 47.2 Å². The van der Waals surface area contributed by atoms with Gasteiger partial charge < -0.3 is 9.72 Å². The van der Waals surface area contributed by atoms with Crippen molar-refractivity contribution in [2.45, 2.75) is 0 Å². The number of H-pyrrole nitrogens is 1. The fraction of sp³-hybridized carbons (Fsp3) is 0.0526. The number of nitrogens with zero attached hydrogens (tertiary/aromatic N) is 3. The van der Waals surface area contributed by atoms with E-state index in [1.54, 1.807) is 18.4 Å². The summed E-state index contributed by atoms with van der Waals surface area (Å²) in [6, 6.07) is 14.1. The topological polar surface area (TPSA) is 55.2 Å². The van der Waals surface area contributed by atoms with E-state index in [1.165, 1.54) is 0 Å². The van der Waals surface area contributed by atoms with Crippen LogP contribution >= 0.6 is 27.3 Å². The summed E-state index contributed by atoms with van der Waals surface area (Å²) in [7, 11) is 1.66. The third-order valence-electron chi connectivity index (χ3n) is 4.28. The van der Waals surface area contributed by atoms with Gasteiger partial charge in [0.1, 0.15) is 10.8 Å². The van der Waals surface area contributed by atoms with E-state index >= 15 is 0 Å². The number of ether oxygens (including phenoxy) is 1. The van der Waals surface area contributed by atoms with Crippen LogP contribution in [-0.4, -0.2) is 26.7 Å². The van der Waals surface area contributed by atoms with E-state index in [9.17, 15) is 0 Å². The Balaban J connectivity index is 1.59. The zero-order valence-corrected chi connectivity index (χ0v) is 16.1. The summed E-state index contributed by atoms with van der Waals surface area (Å²) in [5.74, 6) is 0.817. The van der Waals surface area contributed by atoms with E-state index in [-0.39, 0.29) is 0 Å². The fourth-order valence-corrected chi connectivity index (χ4v) is 4.27. The molecule has 0 spiro atoms. The Kier molecular flexibility index (Phi) is 3.58. The molecule has 0 bridgehead atoms. The lowest BCUT2D eigenvalue weighted by Crippen LogP contribution is -1.84. The van der Waals surface area contributed by atoms with Crippen molar-refractivity contribution in [3.63, 3.8) is 0 Å². The van der Waals surface area contributed by atoms with Crippen molar-refractivity contribution >= 4 is 43.1 Å². The lowest BCUT2D eigenvalue weighted by molar-refractivity contribution is 0.415. The van der Waals surface area contributed by atoms with Crippen LogP contribution in [0.5, 0.6) is 5.75 Å². The van der Waals surface area contributed by atoms with Gasteiger partial charge in [-0.1, -0.05) is 39.4 Å². The first kappa shape index (κ1) is 15.6. The van der Waals surface area contributed by atoms with Crippen molar-refractivity contribution in [3.8, 4) is 27.6 Å². The highest BCUT2D eigenvalue weighted by Crippen LogP contribution is 2.34. The van der Waals surface area contributed by atoms with E-state index in [4.69, 9.17) is 14.8 Å². The second-order valence-corrected chi connectivity index (χ2v) is 7.76. The van der Waals surface area contributed by atoms with Gasteiger partial charge in [0.15, 0.2) is 0 Å². The summed E-state index contributed by atoms with van der Waals surface area (Å²) < 4.78 is 8.18. The molecule has 0 atom stereocenters. The molecule has 5 rings (SSSR count). The highest BCUT2D eigenvalue weighted by Gasteiger charge is 2.14. The maximum Gasteiger partial charge on any atom is 0.213 e. The highest BCUT2D eigenvalue weighted by atomic mass is 79.9. The number of methoxy groups -OCH3 is 1. The van der Waals surface area contributed by atoms with Crippen LogP contribution < -0.4 is 4.74 Å². The lowest BCUT2D eigenvalue weighted by Gasteiger charge is -2.01. The smallest absolute Gasteiger partial charge is 0.213 e. The second-order valence-electron chi connectivity index (χ2n) is 5.88. The molecule has 3 heterocycles. The minimum absolute atomic E-state index is 0.817. The van der Waals surface area contributed by atoms with Crippen LogP contribution in [-0.2, 0) is 0 Å². The Labute approximate surface area is 161 Å². The maximum atomic E-state index is 5.30. The Hall–Kier alpha value is -2.64. The predicted octanol–water partition coefficient (Wildman–Crippen LogP) is 5.38. The Bertz CT molecular complexity index is 1220. The monoisotopic (exact) mass is 424 g/mol. The quantitative estimate of drug-likeness (QED) is 0.423. The minimum Gasteiger partial charge on any atom is -0.497 e. The molecule has 2 aromatic carbocycles. The van der Waals surface area contributed by atoms with Crippen LogP contribution in [0.4, 0.5) is 0 Å². The molecule has 0 aliphatic rings. The number of benzene rings is 2. The molecule has 5 nitrogen and oxygen atoms in total. The van der Waals surface area contributed by atoms with E-state index in [2.05, 4.69) is 33.0 Å². The summed E-state index contributed by atoms with van der Waals surface area (Å²) in [6.45, 7) is 0. The van der Waals surface area contributed by atoms with Crippen LogP contribution in [0.2, 0.25) is 0 Å². The van der Waals surface area contributed by atoms with Gasteiger partial charge in [-0.05, 0) is 30.3 Å². The average molecular weight is 425 g/mol. The van der Waals surface area contributed by atoms with E-state index in [0.717, 1.165) is 47.9 Å². The minimum atomic E-state index is 0.817. The first-order chi connectivity index (χ1) is 12.7. The SMILES string of the molecule is COc1cccc(-c2cn3nc(-c4c[nH]c5ccc(Br)cc45)sc3n2)c1. The molecule has 0 saturated heterocycles. The Morgan fingerprint density at radius 3 is 2.96 bits per heavy atom. The average Bonchev–Trinajstić information content (AvgIpc) is 3.33. The third-order valence-corrected chi connectivity index (χ3v) is 5.73. The van der Waals surface area contributed by atoms with Crippen molar-refractivity contribution in [2.75, 3.05) is 7.11 Å². The molecule has 0 aliphatic heterocycles. The van der Waals surface area contributed by atoms with E-state index in [0.29, 0.717) is 0 Å². The number of hydrogen-bond donors (Lipinski definition) is 1. The molecule has 128 valence electrons. The largest absolute Gasteiger partial charge is 0.497 e. The van der Waals surface area contributed by atoms with Gasteiger partial charge >= 0.3 is 0 Å². The third kappa shape index (κ3) is 2.51. The summed E-state index contributed by atoms with van der Waals surface area (Å²) in [4.78, 5) is 8.90. The maximum absolute atomic E-state index is 5.30. The van der Waals surface area contributed by atoms with Crippen LogP contribution in [0.25, 0.3) is 37.7 Å². The second kappa shape index (κ2) is 5.96. The molecule has 3 aromatic heterocycles. The summed E-state index contributed by atoms with van der Waals surface area (Å²) in [6.07, 6.45) is 3.95. The van der Waals surface area contributed by atoms with Crippen molar-refractivity contribution in [1.82, 2.24) is 19.6 Å². The zero-order valence-electron chi connectivity index (χ0n) is 13.7. The van der Waals surface area contributed by atoms with Crippen molar-refractivity contribution in [1.29, 1.82) is 0 Å². The normalized spacial score (nSPS) is 11.5. The first-order valence-electron chi connectivity index (χ1n) is 7.99. The van der Waals surface area contributed by atoms with Crippen LogP contribution in [0.3, 0.4) is 0 Å². The van der Waals surface area contributed by atoms with Gasteiger partial charge in [-0.3, -0.25) is 0 Å². The summed E-state index contributed by atoms with van der Waals surface area (Å²) >= 11 is 5.11. The molecule has 1 N–H and O–H groups in total. The van der Waals surface area contributed by atoms with Gasteiger partial charge in [0.05, 0.1) is 19.0 Å². The summed E-state index contributed by atoms with van der Waals surface area (Å²) in [5.41, 5.74) is 4.07. The van der Waals surface area contributed by atoms with Crippen molar-refractivity contribution < 1.29 is 4.74 Å². The number of aromatic nitrogens is 4. The van der Waals surface area contributed by atoms with E-state index < -0.39 is 0 Å². The lowest BCUT2D eigenvalue weighted by atomic mass is 10.1. The van der Waals surface area contributed by atoms with Gasteiger partial charge in [0.25, 0.3) is 0 Å². The van der Waals surface area contributed by atoms with Gasteiger partial charge in [-0.15, -0.1) is 0 Å². The number of imidazole rings is 1. The fourth-order valence-electron chi connectivity index (χ4n) is 3.00. The molecule has 0 unspecified atom stereocenters. The predicted molar refractivity (Wildman–Crippen MR) is 108 cm³/mol. The molecule has 26 heavy (non-hydrogen) atoms. The van der Waals surface area contributed by atoms with Crippen LogP contribution in [0.15, 0.2) is 59.3 Å². The summed E-state index contributed by atoms with van der Waals surface area (Å²) in [5, 5.41) is 6.81. The van der Waals surface area contributed by atoms with Crippen LogP contribution in [0, 0.1) is 0 Å². The van der Waals surface area contributed by atoms with Gasteiger partial charge in [-0.2, -0.15) is 5.10 Å². The number of fused-ring (bicyclic) bond motifs is 2. The Morgan fingerprint density at radius 1 is 1.19 bits per heavy atom. The highest BCUT2D eigenvalue weighted by molar-refractivity contribution is 9.10. The van der Waals surface area contributed by atoms with Crippen molar-refractivity contribution in [3.05, 3.63) is 59.3 Å².